The van der Waals surface area contributed by atoms with Crippen LogP contribution in [-0.2, 0) is 19.6 Å². The minimum Gasteiger partial charge on any atom is -0.296 e. The number of nitrogens with zero attached hydrogens (tertiary/aromatic N) is 5. The van der Waals surface area contributed by atoms with Crippen LogP contribution in [0, 0.1) is 0 Å². The molecule has 0 saturated carbocycles. The average Bonchev–Trinajstić information content (AvgIpc) is 2.74. The summed E-state index contributed by atoms with van der Waals surface area (Å²) in [5.74, 6) is 0. The number of hydrogen-bond donors (Lipinski definition) is 0. The summed E-state index contributed by atoms with van der Waals surface area (Å²) in [5.41, 5.74) is 3.30. The van der Waals surface area contributed by atoms with E-state index in [1.165, 1.54) is 0 Å². The maximum Gasteiger partial charge on any atom is 0.0544 e. The number of aromatic nitrogens is 3. The fourth-order valence-corrected chi connectivity index (χ4v) is 3.25. The SMILES string of the molecule is CCCN(CCN(Cc1ccccn1)Cc1ccccn1)Cc1ccccn1. The lowest BCUT2D eigenvalue weighted by Crippen LogP contribution is -2.35. The molecule has 0 N–H and O–H groups in total. The molecule has 28 heavy (non-hydrogen) atoms. The highest BCUT2D eigenvalue weighted by Gasteiger charge is 2.12. The first kappa shape index (κ1) is 20.1. The van der Waals surface area contributed by atoms with Gasteiger partial charge in [-0.2, -0.15) is 0 Å². The van der Waals surface area contributed by atoms with Gasteiger partial charge in [0, 0.05) is 51.3 Å². The second kappa shape index (κ2) is 11.3. The first-order valence-electron chi connectivity index (χ1n) is 9.98. The van der Waals surface area contributed by atoms with Crippen molar-refractivity contribution in [2.45, 2.75) is 33.0 Å². The first-order valence-corrected chi connectivity index (χ1v) is 9.98. The highest BCUT2D eigenvalue weighted by molar-refractivity contribution is 5.06. The summed E-state index contributed by atoms with van der Waals surface area (Å²) in [6.45, 7) is 7.77. The Morgan fingerprint density at radius 3 is 1.39 bits per heavy atom. The summed E-state index contributed by atoms with van der Waals surface area (Å²) in [5, 5.41) is 0. The number of pyridine rings is 3. The third kappa shape index (κ3) is 6.83. The molecule has 0 aromatic carbocycles. The van der Waals surface area contributed by atoms with Crippen LogP contribution >= 0.6 is 0 Å². The van der Waals surface area contributed by atoms with Gasteiger partial charge in [0.2, 0.25) is 0 Å². The van der Waals surface area contributed by atoms with Gasteiger partial charge in [0.1, 0.15) is 0 Å². The molecule has 0 radical (unpaired) electrons. The van der Waals surface area contributed by atoms with Crippen LogP contribution in [0.5, 0.6) is 0 Å². The minimum absolute atomic E-state index is 0.820. The van der Waals surface area contributed by atoms with E-state index in [0.717, 1.165) is 62.8 Å². The van der Waals surface area contributed by atoms with E-state index in [1.807, 2.05) is 48.9 Å². The van der Waals surface area contributed by atoms with Crippen molar-refractivity contribution in [3.63, 3.8) is 0 Å². The molecule has 3 aromatic heterocycles. The zero-order valence-electron chi connectivity index (χ0n) is 16.6. The van der Waals surface area contributed by atoms with E-state index in [-0.39, 0.29) is 0 Å². The summed E-state index contributed by atoms with van der Waals surface area (Å²) >= 11 is 0. The summed E-state index contributed by atoms with van der Waals surface area (Å²) < 4.78 is 0. The molecule has 0 unspecified atom stereocenters. The fourth-order valence-electron chi connectivity index (χ4n) is 3.25. The molecule has 0 aliphatic heterocycles. The van der Waals surface area contributed by atoms with Crippen LogP contribution in [0.1, 0.15) is 30.4 Å². The summed E-state index contributed by atoms with van der Waals surface area (Å²) in [7, 11) is 0. The van der Waals surface area contributed by atoms with Gasteiger partial charge < -0.3 is 0 Å². The largest absolute Gasteiger partial charge is 0.296 e. The van der Waals surface area contributed by atoms with Crippen LogP contribution in [0.15, 0.2) is 73.2 Å². The molecular weight excluding hydrogens is 346 g/mol. The van der Waals surface area contributed by atoms with E-state index < -0.39 is 0 Å². The van der Waals surface area contributed by atoms with Gasteiger partial charge in [-0.25, -0.2) is 0 Å². The monoisotopic (exact) mass is 375 g/mol. The zero-order valence-corrected chi connectivity index (χ0v) is 16.6. The lowest BCUT2D eigenvalue weighted by Gasteiger charge is -2.27. The van der Waals surface area contributed by atoms with Gasteiger partial charge in [0.25, 0.3) is 0 Å². The van der Waals surface area contributed by atoms with Crippen molar-refractivity contribution in [1.82, 2.24) is 24.8 Å². The normalized spacial score (nSPS) is 11.2. The average molecular weight is 376 g/mol. The second-order valence-corrected chi connectivity index (χ2v) is 6.95. The van der Waals surface area contributed by atoms with Crippen molar-refractivity contribution in [2.75, 3.05) is 19.6 Å². The van der Waals surface area contributed by atoms with Crippen molar-refractivity contribution < 1.29 is 0 Å². The lowest BCUT2D eigenvalue weighted by molar-refractivity contribution is 0.184. The van der Waals surface area contributed by atoms with E-state index in [0.29, 0.717) is 0 Å². The Morgan fingerprint density at radius 2 is 1.00 bits per heavy atom. The molecule has 0 amide bonds. The molecule has 0 atom stereocenters. The van der Waals surface area contributed by atoms with Gasteiger partial charge in [-0.1, -0.05) is 25.1 Å². The van der Waals surface area contributed by atoms with Crippen molar-refractivity contribution in [3.8, 4) is 0 Å². The quantitative estimate of drug-likeness (QED) is 0.510. The van der Waals surface area contributed by atoms with Crippen LogP contribution < -0.4 is 0 Å². The Bertz CT molecular complexity index is 738. The molecule has 0 saturated heterocycles. The van der Waals surface area contributed by atoms with E-state index in [1.54, 1.807) is 0 Å². The Morgan fingerprint density at radius 1 is 0.571 bits per heavy atom. The first-order chi connectivity index (χ1) is 13.8. The predicted molar refractivity (Wildman–Crippen MR) is 112 cm³/mol. The molecule has 3 heterocycles. The maximum absolute atomic E-state index is 4.51. The molecular formula is C23H29N5. The van der Waals surface area contributed by atoms with Crippen molar-refractivity contribution in [3.05, 3.63) is 90.3 Å². The molecule has 0 bridgehead atoms. The lowest BCUT2D eigenvalue weighted by atomic mass is 10.2. The summed E-state index contributed by atoms with van der Waals surface area (Å²) in [6, 6.07) is 18.3. The second-order valence-electron chi connectivity index (χ2n) is 6.95. The van der Waals surface area contributed by atoms with Gasteiger partial charge in [0.15, 0.2) is 0 Å². The van der Waals surface area contributed by atoms with Gasteiger partial charge >= 0.3 is 0 Å². The summed E-state index contributed by atoms with van der Waals surface area (Å²) in [6.07, 6.45) is 6.72. The van der Waals surface area contributed by atoms with E-state index in [9.17, 15) is 0 Å². The van der Waals surface area contributed by atoms with Crippen LogP contribution in [-0.4, -0.2) is 44.4 Å². The fraction of sp³-hybridized carbons (Fsp3) is 0.348. The zero-order chi connectivity index (χ0) is 19.4. The predicted octanol–water partition coefficient (Wildman–Crippen LogP) is 3.79. The third-order valence-electron chi connectivity index (χ3n) is 4.61. The molecule has 0 aliphatic carbocycles. The Kier molecular flexibility index (Phi) is 8.09. The molecule has 0 fully saturated rings. The smallest absolute Gasteiger partial charge is 0.0544 e. The molecule has 3 aromatic rings. The Hall–Kier alpha value is -2.63. The molecule has 146 valence electrons. The van der Waals surface area contributed by atoms with Crippen LogP contribution in [0.4, 0.5) is 0 Å². The van der Waals surface area contributed by atoms with Crippen molar-refractivity contribution >= 4 is 0 Å². The van der Waals surface area contributed by atoms with Crippen molar-refractivity contribution in [1.29, 1.82) is 0 Å². The molecule has 0 spiro atoms. The highest BCUT2D eigenvalue weighted by atomic mass is 15.2. The highest BCUT2D eigenvalue weighted by Crippen LogP contribution is 2.09. The third-order valence-corrected chi connectivity index (χ3v) is 4.61. The van der Waals surface area contributed by atoms with Crippen LogP contribution in [0.2, 0.25) is 0 Å². The van der Waals surface area contributed by atoms with E-state index >= 15 is 0 Å². The molecule has 5 heteroatoms. The van der Waals surface area contributed by atoms with E-state index in [4.69, 9.17) is 0 Å². The molecule has 3 rings (SSSR count). The van der Waals surface area contributed by atoms with Gasteiger partial charge in [-0.15, -0.1) is 0 Å². The number of rotatable bonds is 11. The Balaban J connectivity index is 1.64. The van der Waals surface area contributed by atoms with Gasteiger partial charge in [0.05, 0.1) is 17.1 Å². The standard InChI is InChI=1S/C23H29N5/c1-2-15-27(18-21-9-3-6-12-24-21)16-17-28(19-22-10-4-7-13-25-22)20-23-11-5-8-14-26-23/h3-14H,2,15-20H2,1H3. The topological polar surface area (TPSA) is 45.2 Å². The molecule has 0 aliphatic rings. The van der Waals surface area contributed by atoms with Crippen LogP contribution in [0.3, 0.4) is 0 Å². The minimum atomic E-state index is 0.820. The van der Waals surface area contributed by atoms with Gasteiger partial charge in [-0.05, 0) is 49.4 Å². The maximum atomic E-state index is 4.51. The molecule has 5 nitrogen and oxygen atoms in total. The summed E-state index contributed by atoms with van der Waals surface area (Å²) in [4.78, 5) is 18.4. The van der Waals surface area contributed by atoms with E-state index in [2.05, 4.69) is 55.9 Å². The van der Waals surface area contributed by atoms with Crippen LogP contribution in [0.25, 0.3) is 0 Å². The van der Waals surface area contributed by atoms with Crippen molar-refractivity contribution in [2.24, 2.45) is 0 Å². The Labute approximate surface area is 168 Å². The number of hydrogen-bond acceptors (Lipinski definition) is 5. The van der Waals surface area contributed by atoms with Gasteiger partial charge in [-0.3, -0.25) is 24.8 Å².